The van der Waals surface area contributed by atoms with Crippen molar-refractivity contribution in [1.82, 2.24) is 5.32 Å². The van der Waals surface area contributed by atoms with Gasteiger partial charge in [-0.3, -0.25) is 0 Å². The molecule has 1 heterocycles. The summed E-state index contributed by atoms with van der Waals surface area (Å²) >= 11 is 5.91. The van der Waals surface area contributed by atoms with Gasteiger partial charge in [0.1, 0.15) is 5.75 Å². The minimum atomic E-state index is 0.186. The number of hydrogen-bond acceptors (Lipinski definition) is 3. The molecule has 1 aromatic rings. The van der Waals surface area contributed by atoms with Crippen molar-refractivity contribution >= 4 is 11.6 Å². The Morgan fingerprint density at radius 3 is 2.83 bits per heavy atom. The van der Waals surface area contributed by atoms with Gasteiger partial charge < -0.3 is 15.2 Å². The van der Waals surface area contributed by atoms with Crippen LogP contribution in [0.5, 0.6) is 5.75 Å². The lowest BCUT2D eigenvalue weighted by Crippen LogP contribution is -2.35. The molecule has 1 aliphatic heterocycles. The first-order valence-corrected chi connectivity index (χ1v) is 6.87. The Morgan fingerprint density at radius 2 is 2.17 bits per heavy atom. The molecule has 3 nitrogen and oxygen atoms in total. The van der Waals surface area contributed by atoms with E-state index in [-0.39, 0.29) is 12.5 Å². The molecule has 100 valence electrons. The van der Waals surface area contributed by atoms with Gasteiger partial charge in [-0.05, 0) is 50.0 Å². The zero-order valence-electron chi connectivity index (χ0n) is 10.4. The maximum absolute atomic E-state index is 9.48. The third-order valence-electron chi connectivity index (χ3n) is 3.55. The van der Waals surface area contributed by atoms with Crippen LogP contribution in [0.15, 0.2) is 24.3 Å². The predicted octanol–water partition coefficient (Wildman–Crippen LogP) is 2.33. The van der Waals surface area contributed by atoms with Crippen LogP contribution in [0.25, 0.3) is 0 Å². The zero-order chi connectivity index (χ0) is 12.8. The third-order valence-corrected chi connectivity index (χ3v) is 3.78. The second-order valence-corrected chi connectivity index (χ2v) is 5.23. The summed E-state index contributed by atoms with van der Waals surface area (Å²) in [6.07, 6.45) is 2.23. The van der Waals surface area contributed by atoms with Crippen LogP contribution in [0.2, 0.25) is 5.02 Å². The standard InChI is InChI=1S/C14H20ClNO2/c15-13-2-1-3-14(8-13)18-10-12(9-17)11-4-6-16-7-5-11/h1-3,8,11-12,16-17H,4-7,9-10H2. The highest BCUT2D eigenvalue weighted by Crippen LogP contribution is 2.24. The van der Waals surface area contributed by atoms with Crippen LogP contribution in [0.1, 0.15) is 12.8 Å². The number of nitrogens with one attached hydrogen (secondary N) is 1. The van der Waals surface area contributed by atoms with E-state index in [9.17, 15) is 5.11 Å². The van der Waals surface area contributed by atoms with E-state index in [0.29, 0.717) is 17.5 Å². The van der Waals surface area contributed by atoms with Gasteiger partial charge in [-0.1, -0.05) is 17.7 Å². The number of piperidine rings is 1. The molecule has 2 rings (SSSR count). The van der Waals surface area contributed by atoms with Gasteiger partial charge in [0.15, 0.2) is 0 Å². The van der Waals surface area contributed by atoms with Crippen LogP contribution in [0.3, 0.4) is 0 Å². The van der Waals surface area contributed by atoms with E-state index in [1.165, 1.54) is 0 Å². The molecule has 0 saturated carbocycles. The number of rotatable bonds is 5. The molecule has 1 saturated heterocycles. The predicted molar refractivity (Wildman–Crippen MR) is 73.1 cm³/mol. The SMILES string of the molecule is OCC(COc1cccc(Cl)c1)C1CCNCC1. The number of hydrogen-bond donors (Lipinski definition) is 2. The van der Waals surface area contributed by atoms with Gasteiger partial charge >= 0.3 is 0 Å². The molecule has 0 amide bonds. The lowest BCUT2D eigenvalue weighted by atomic mass is 9.86. The van der Waals surface area contributed by atoms with E-state index in [0.717, 1.165) is 31.7 Å². The quantitative estimate of drug-likeness (QED) is 0.862. The molecule has 4 heteroatoms. The smallest absolute Gasteiger partial charge is 0.120 e. The van der Waals surface area contributed by atoms with Crippen molar-refractivity contribution in [3.63, 3.8) is 0 Å². The molecule has 0 aromatic heterocycles. The Labute approximate surface area is 113 Å². The average Bonchev–Trinajstić information content (AvgIpc) is 2.41. The Bertz CT molecular complexity index is 367. The van der Waals surface area contributed by atoms with E-state index >= 15 is 0 Å². The molecule has 0 bridgehead atoms. The lowest BCUT2D eigenvalue weighted by Gasteiger charge is -2.29. The van der Waals surface area contributed by atoms with Crippen LogP contribution < -0.4 is 10.1 Å². The normalized spacial score (nSPS) is 18.6. The second-order valence-electron chi connectivity index (χ2n) is 4.80. The molecule has 1 aliphatic rings. The van der Waals surface area contributed by atoms with Crippen LogP contribution >= 0.6 is 11.6 Å². The number of halogens is 1. The minimum absolute atomic E-state index is 0.186. The molecular weight excluding hydrogens is 250 g/mol. The number of benzene rings is 1. The summed E-state index contributed by atoms with van der Waals surface area (Å²) in [5.41, 5.74) is 0. The lowest BCUT2D eigenvalue weighted by molar-refractivity contribution is 0.102. The number of aliphatic hydroxyl groups is 1. The molecule has 18 heavy (non-hydrogen) atoms. The highest BCUT2D eigenvalue weighted by atomic mass is 35.5. The monoisotopic (exact) mass is 269 g/mol. The summed E-state index contributed by atoms with van der Waals surface area (Å²) in [5.74, 6) is 1.54. The molecule has 1 fully saturated rings. The summed E-state index contributed by atoms with van der Waals surface area (Å²) < 4.78 is 5.73. The summed E-state index contributed by atoms with van der Waals surface area (Å²) in [6.45, 7) is 2.82. The van der Waals surface area contributed by atoms with Crippen molar-refractivity contribution in [2.24, 2.45) is 11.8 Å². The van der Waals surface area contributed by atoms with Gasteiger partial charge in [0.2, 0.25) is 0 Å². The molecule has 1 atom stereocenters. The highest BCUT2D eigenvalue weighted by molar-refractivity contribution is 6.30. The van der Waals surface area contributed by atoms with Crippen molar-refractivity contribution in [1.29, 1.82) is 0 Å². The van der Waals surface area contributed by atoms with Crippen molar-refractivity contribution < 1.29 is 9.84 Å². The molecule has 0 aliphatic carbocycles. The third kappa shape index (κ3) is 3.87. The fraction of sp³-hybridized carbons (Fsp3) is 0.571. The fourth-order valence-electron chi connectivity index (χ4n) is 2.41. The molecule has 1 unspecified atom stereocenters. The average molecular weight is 270 g/mol. The van der Waals surface area contributed by atoms with Gasteiger partial charge in [0.05, 0.1) is 6.61 Å². The van der Waals surface area contributed by atoms with Gasteiger partial charge in [-0.2, -0.15) is 0 Å². The van der Waals surface area contributed by atoms with Gasteiger partial charge in [-0.15, -0.1) is 0 Å². The summed E-state index contributed by atoms with van der Waals surface area (Å²) in [6, 6.07) is 7.39. The molecule has 1 aromatic carbocycles. The summed E-state index contributed by atoms with van der Waals surface area (Å²) in [7, 11) is 0. The van der Waals surface area contributed by atoms with E-state index < -0.39 is 0 Å². The van der Waals surface area contributed by atoms with E-state index in [1.807, 2.05) is 18.2 Å². The first-order valence-electron chi connectivity index (χ1n) is 6.49. The topological polar surface area (TPSA) is 41.5 Å². The fourth-order valence-corrected chi connectivity index (χ4v) is 2.59. The molecular formula is C14H20ClNO2. The summed E-state index contributed by atoms with van der Waals surface area (Å²) in [4.78, 5) is 0. The first-order chi connectivity index (χ1) is 8.79. The van der Waals surface area contributed by atoms with Crippen molar-refractivity contribution in [3.8, 4) is 5.75 Å². The van der Waals surface area contributed by atoms with E-state index in [2.05, 4.69) is 5.32 Å². The van der Waals surface area contributed by atoms with Gasteiger partial charge in [-0.25, -0.2) is 0 Å². The van der Waals surface area contributed by atoms with Crippen molar-refractivity contribution in [2.75, 3.05) is 26.3 Å². The summed E-state index contributed by atoms with van der Waals surface area (Å²) in [5, 5.41) is 13.5. The maximum Gasteiger partial charge on any atom is 0.120 e. The van der Waals surface area contributed by atoms with Crippen LogP contribution in [-0.2, 0) is 0 Å². The van der Waals surface area contributed by atoms with Crippen LogP contribution in [-0.4, -0.2) is 31.4 Å². The number of ether oxygens (including phenoxy) is 1. The molecule has 2 N–H and O–H groups in total. The molecule has 0 spiro atoms. The molecule has 0 radical (unpaired) electrons. The van der Waals surface area contributed by atoms with Crippen LogP contribution in [0.4, 0.5) is 0 Å². The van der Waals surface area contributed by atoms with E-state index in [1.54, 1.807) is 6.07 Å². The minimum Gasteiger partial charge on any atom is -0.493 e. The Balaban J connectivity index is 1.86. The zero-order valence-corrected chi connectivity index (χ0v) is 11.2. The second kappa shape index (κ2) is 6.98. The maximum atomic E-state index is 9.48. The number of aliphatic hydroxyl groups excluding tert-OH is 1. The van der Waals surface area contributed by atoms with Crippen LogP contribution in [0, 0.1) is 11.8 Å². The van der Waals surface area contributed by atoms with Crippen molar-refractivity contribution in [3.05, 3.63) is 29.3 Å². The first kappa shape index (κ1) is 13.7. The highest BCUT2D eigenvalue weighted by Gasteiger charge is 2.23. The van der Waals surface area contributed by atoms with E-state index in [4.69, 9.17) is 16.3 Å². The Kier molecular flexibility index (Phi) is 5.29. The van der Waals surface area contributed by atoms with Gasteiger partial charge in [0, 0.05) is 17.5 Å². The Morgan fingerprint density at radius 1 is 1.39 bits per heavy atom. The Hall–Kier alpha value is -0.770. The largest absolute Gasteiger partial charge is 0.493 e. The van der Waals surface area contributed by atoms with Crippen molar-refractivity contribution in [2.45, 2.75) is 12.8 Å². The van der Waals surface area contributed by atoms with Gasteiger partial charge in [0.25, 0.3) is 0 Å².